The molecule has 15 heavy (non-hydrogen) atoms. The van der Waals surface area contributed by atoms with E-state index >= 15 is 0 Å². The molecule has 1 saturated carbocycles. The van der Waals surface area contributed by atoms with Crippen LogP contribution in [0, 0.1) is 5.92 Å². The second-order valence-electron chi connectivity index (χ2n) is 4.29. The lowest BCUT2D eigenvalue weighted by molar-refractivity contribution is 0.284. The van der Waals surface area contributed by atoms with Gasteiger partial charge in [0.25, 0.3) is 0 Å². The van der Waals surface area contributed by atoms with E-state index in [0.717, 1.165) is 11.8 Å². The fourth-order valence-electron chi connectivity index (χ4n) is 2.30. The lowest BCUT2D eigenvalue weighted by Gasteiger charge is -2.25. The Balaban J connectivity index is 1.95. The van der Waals surface area contributed by atoms with Gasteiger partial charge in [-0.05, 0) is 31.6 Å². The van der Waals surface area contributed by atoms with Crippen LogP contribution >= 0.6 is 11.6 Å². The molecule has 1 aliphatic rings. The molecule has 0 aromatic carbocycles. The van der Waals surface area contributed by atoms with Gasteiger partial charge < -0.3 is 4.42 Å². The van der Waals surface area contributed by atoms with Gasteiger partial charge in [-0.2, -0.15) is 0 Å². The molecule has 2 rings (SSSR count). The van der Waals surface area contributed by atoms with Crippen LogP contribution in [0.1, 0.15) is 56.7 Å². The molecule has 0 aliphatic heterocycles. The lowest BCUT2D eigenvalue weighted by atomic mass is 9.81. The molecule has 1 aliphatic carbocycles. The van der Waals surface area contributed by atoms with Crippen LogP contribution in [0.5, 0.6) is 0 Å². The molecule has 3 nitrogen and oxygen atoms in total. The smallest absolute Gasteiger partial charge is 0.231 e. The van der Waals surface area contributed by atoms with Crippen molar-refractivity contribution < 1.29 is 4.42 Å². The van der Waals surface area contributed by atoms with E-state index in [-0.39, 0.29) is 0 Å². The lowest BCUT2D eigenvalue weighted by Crippen LogP contribution is -2.12. The quantitative estimate of drug-likeness (QED) is 0.744. The molecular formula is C11H17ClN2O. The molecule has 0 amide bonds. The number of rotatable bonds is 3. The number of hydrogen-bond acceptors (Lipinski definition) is 3. The molecule has 1 aromatic rings. The van der Waals surface area contributed by atoms with Crippen molar-refractivity contribution in [1.82, 2.24) is 10.2 Å². The van der Waals surface area contributed by atoms with Gasteiger partial charge in [-0.15, -0.1) is 21.8 Å². The van der Waals surface area contributed by atoms with Crippen LogP contribution in [0.3, 0.4) is 0 Å². The first-order valence-corrected chi connectivity index (χ1v) is 6.25. The van der Waals surface area contributed by atoms with Crippen molar-refractivity contribution in [3.05, 3.63) is 11.8 Å². The summed E-state index contributed by atoms with van der Waals surface area (Å²) in [6.07, 6.45) is 6.24. The van der Waals surface area contributed by atoms with Crippen molar-refractivity contribution in [2.24, 2.45) is 5.92 Å². The zero-order chi connectivity index (χ0) is 10.7. The Morgan fingerprint density at radius 2 is 2.00 bits per heavy atom. The van der Waals surface area contributed by atoms with Gasteiger partial charge in [-0.1, -0.05) is 13.3 Å². The highest BCUT2D eigenvalue weighted by atomic mass is 35.5. The van der Waals surface area contributed by atoms with Crippen molar-refractivity contribution in [1.29, 1.82) is 0 Å². The van der Waals surface area contributed by atoms with Gasteiger partial charge in [0.05, 0.1) is 0 Å². The van der Waals surface area contributed by atoms with Crippen LogP contribution in [0.4, 0.5) is 0 Å². The minimum Gasteiger partial charge on any atom is -0.424 e. The number of alkyl halides is 1. The van der Waals surface area contributed by atoms with Crippen molar-refractivity contribution >= 4 is 11.6 Å². The summed E-state index contributed by atoms with van der Waals surface area (Å²) in [7, 11) is 0. The van der Waals surface area contributed by atoms with Crippen molar-refractivity contribution in [2.45, 2.75) is 50.8 Å². The van der Waals surface area contributed by atoms with Crippen LogP contribution in [-0.4, -0.2) is 10.2 Å². The van der Waals surface area contributed by atoms with E-state index in [1.807, 2.05) is 0 Å². The van der Waals surface area contributed by atoms with Crippen molar-refractivity contribution in [3.63, 3.8) is 0 Å². The van der Waals surface area contributed by atoms with E-state index in [4.69, 9.17) is 16.0 Å². The Hall–Kier alpha value is -0.570. The number of halogens is 1. The largest absolute Gasteiger partial charge is 0.424 e. The first kappa shape index (κ1) is 10.9. The molecule has 84 valence electrons. The fraction of sp³-hybridized carbons (Fsp3) is 0.818. The molecule has 0 spiro atoms. The maximum Gasteiger partial charge on any atom is 0.231 e. The highest BCUT2D eigenvalue weighted by molar-refractivity contribution is 6.16. The molecule has 0 radical (unpaired) electrons. The average molecular weight is 229 g/mol. The summed E-state index contributed by atoms with van der Waals surface area (Å²) in [5.41, 5.74) is 0. The molecule has 0 N–H and O–H groups in total. The van der Waals surface area contributed by atoms with Gasteiger partial charge in [0.2, 0.25) is 11.8 Å². The molecular weight excluding hydrogens is 212 g/mol. The topological polar surface area (TPSA) is 38.9 Å². The van der Waals surface area contributed by atoms with Gasteiger partial charge in [0.1, 0.15) is 5.88 Å². The first-order chi connectivity index (χ1) is 7.33. The van der Waals surface area contributed by atoms with E-state index in [0.29, 0.717) is 17.7 Å². The van der Waals surface area contributed by atoms with Crippen molar-refractivity contribution in [3.8, 4) is 0 Å². The summed E-state index contributed by atoms with van der Waals surface area (Å²) >= 11 is 5.63. The zero-order valence-corrected chi connectivity index (χ0v) is 9.83. The van der Waals surface area contributed by atoms with Crippen LogP contribution in [0.2, 0.25) is 0 Å². The maximum absolute atomic E-state index is 5.63. The average Bonchev–Trinajstić information content (AvgIpc) is 2.78. The number of hydrogen-bond donors (Lipinski definition) is 0. The first-order valence-electron chi connectivity index (χ1n) is 5.71. The van der Waals surface area contributed by atoms with Gasteiger partial charge in [-0.3, -0.25) is 0 Å². The third-order valence-electron chi connectivity index (χ3n) is 3.37. The molecule has 0 bridgehead atoms. The highest BCUT2D eigenvalue weighted by Gasteiger charge is 2.25. The van der Waals surface area contributed by atoms with Gasteiger partial charge >= 0.3 is 0 Å². The Kier molecular flexibility index (Phi) is 3.62. The molecule has 1 heterocycles. The van der Waals surface area contributed by atoms with Crippen LogP contribution < -0.4 is 0 Å². The monoisotopic (exact) mass is 228 g/mol. The van der Waals surface area contributed by atoms with Crippen LogP contribution in [0.25, 0.3) is 0 Å². The minimum atomic E-state index is 0.317. The normalized spacial score (nSPS) is 26.8. The van der Waals surface area contributed by atoms with E-state index in [2.05, 4.69) is 17.1 Å². The SMILES string of the molecule is CCC1CCC(c2nnc(CCl)o2)CC1. The standard InChI is InChI=1S/C11H17ClN2O/c1-2-8-3-5-9(6-4-8)11-14-13-10(7-12)15-11/h8-9H,2-7H2,1H3. The Bertz CT molecular complexity index is 305. The van der Waals surface area contributed by atoms with Gasteiger partial charge in [0, 0.05) is 5.92 Å². The summed E-state index contributed by atoms with van der Waals surface area (Å²) in [5.74, 6) is 3.02. The summed E-state index contributed by atoms with van der Waals surface area (Å²) in [6, 6.07) is 0. The molecule has 0 saturated heterocycles. The summed E-state index contributed by atoms with van der Waals surface area (Å²) in [6.45, 7) is 2.27. The minimum absolute atomic E-state index is 0.317. The Morgan fingerprint density at radius 3 is 2.53 bits per heavy atom. The fourth-order valence-corrected chi connectivity index (χ4v) is 2.41. The zero-order valence-electron chi connectivity index (χ0n) is 9.08. The summed E-state index contributed by atoms with van der Waals surface area (Å²) < 4.78 is 5.49. The van der Waals surface area contributed by atoms with E-state index in [1.165, 1.54) is 32.1 Å². The Labute approximate surface area is 95.2 Å². The van der Waals surface area contributed by atoms with Crippen molar-refractivity contribution in [2.75, 3.05) is 0 Å². The highest BCUT2D eigenvalue weighted by Crippen LogP contribution is 2.36. The second-order valence-corrected chi connectivity index (χ2v) is 4.56. The predicted molar refractivity (Wildman–Crippen MR) is 58.8 cm³/mol. The number of aromatic nitrogens is 2. The Morgan fingerprint density at radius 1 is 1.27 bits per heavy atom. The number of nitrogens with zero attached hydrogens (tertiary/aromatic N) is 2. The van der Waals surface area contributed by atoms with E-state index < -0.39 is 0 Å². The second kappa shape index (κ2) is 4.97. The van der Waals surface area contributed by atoms with Gasteiger partial charge in [-0.25, -0.2) is 0 Å². The van der Waals surface area contributed by atoms with E-state index in [1.54, 1.807) is 0 Å². The van der Waals surface area contributed by atoms with Crippen LogP contribution in [0.15, 0.2) is 4.42 Å². The summed E-state index contributed by atoms with van der Waals surface area (Å²) in [4.78, 5) is 0. The third-order valence-corrected chi connectivity index (χ3v) is 3.60. The van der Waals surface area contributed by atoms with Gasteiger partial charge in [0.15, 0.2) is 0 Å². The molecule has 0 unspecified atom stereocenters. The predicted octanol–water partition coefficient (Wildman–Crippen LogP) is 3.49. The maximum atomic E-state index is 5.63. The molecule has 1 aromatic heterocycles. The molecule has 0 atom stereocenters. The third kappa shape index (κ3) is 2.51. The van der Waals surface area contributed by atoms with Crippen LogP contribution in [-0.2, 0) is 5.88 Å². The summed E-state index contributed by atoms with van der Waals surface area (Å²) in [5, 5.41) is 7.96. The molecule has 1 fully saturated rings. The van der Waals surface area contributed by atoms with E-state index in [9.17, 15) is 0 Å². The molecule has 4 heteroatoms.